The van der Waals surface area contributed by atoms with Crippen molar-refractivity contribution in [1.82, 2.24) is 9.47 Å². The topological polar surface area (TPSA) is 82.8 Å². The number of carboxylic acid groups (broad SMARTS) is 1. The highest BCUT2D eigenvalue weighted by Gasteiger charge is 2.19. The van der Waals surface area contributed by atoms with Gasteiger partial charge < -0.3 is 14.8 Å². The zero-order valence-corrected chi connectivity index (χ0v) is 12.3. The molecule has 21 heavy (non-hydrogen) atoms. The van der Waals surface area contributed by atoms with Gasteiger partial charge in [-0.1, -0.05) is 12.8 Å². The van der Waals surface area contributed by atoms with Gasteiger partial charge in [-0.2, -0.15) is 0 Å². The third-order valence-corrected chi connectivity index (χ3v) is 4.00. The SMILES string of the molecule is CC(C(=O)O)n1cc(O)c(=O)cc1CN1CCCCCC1. The number of likely N-dealkylation sites (tertiary alicyclic amines) is 1. The van der Waals surface area contributed by atoms with Crippen LogP contribution in [0.5, 0.6) is 5.75 Å². The first-order valence-corrected chi connectivity index (χ1v) is 7.38. The normalized spacial score (nSPS) is 18.1. The van der Waals surface area contributed by atoms with Gasteiger partial charge in [-0.3, -0.25) is 9.69 Å². The van der Waals surface area contributed by atoms with Crippen molar-refractivity contribution in [3.8, 4) is 5.75 Å². The molecule has 2 N–H and O–H groups in total. The first-order valence-electron chi connectivity index (χ1n) is 7.38. The maximum atomic E-state index is 11.7. The number of carboxylic acids is 1. The maximum absolute atomic E-state index is 11.7. The monoisotopic (exact) mass is 294 g/mol. The van der Waals surface area contributed by atoms with Gasteiger partial charge in [0.05, 0.1) is 6.20 Å². The van der Waals surface area contributed by atoms with E-state index in [1.54, 1.807) is 0 Å². The second kappa shape index (κ2) is 6.76. The van der Waals surface area contributed by atoms with E-state index in [4.69, 9.17) is 0 Å². The van der Waals surface area contributed by atoms with Crippen LogP contribution in [0.15, 0.2) is 17.1 Å². The molecular formula is C15H22N2O4. The van der Waals surface area contributed by atoms with Crippen LogP contribution in [0, 0.1) is 0 Å². The number of nitrogens with zero attached hydrogens (tertiary/aromatic N) is 2. The minimum Gasteiger partial charge on any atom is -0.503 e. The van der Waals surface area contributed by atoms with Gasteiger partial charge >= 0.3 is 5.97 Å². The van der Waals surface area contributed by atoms with Gasteiger partial charge in [0.1, 0.15) is 6.04 Å². The molecule has 1 atom stereocenters. The first kappa shape index (κ1) is 15.6. The Bertz CT molecular complexity index is 559. The maximum Gasteiger partial charge on any atom is 0.326 e. The van der Waals surface area contributed by atoms with E-state index in [1.807, 2.05) is 0 Å². The van der Waals surface area contributed by atoms with E-state index in [1.165, 1.54) is 36.6 Å². The van der Waals surface area contributed by atoms with Crippen LogP contribution in [0.3, 0.4) is 0 Å². The first-order chi connectivity index (χ1) is 9.99. The van der Waals surface area contributed by atoms with Crippen molar-refractivity contribution >= 4 is 5.97 Å². The summed E-state index contributed by atoms with van der Waals surface area (Å²) in [5.41, 5.74) is 0.170. The lowest BCUT2D eigenvalue weighted by molar-refractivity contribution is -0.140. The summed E-state index contributed by atoms with van der Waals surface area (Å²) in [6.45, 7) is 3.98. The molecule has 0 spiro atoms. The summed E-state index contributed by atoms with van der Waals surface area (Å²) < 4.78 is 1.48. The van der Waals surface area contributed by atoms with Gasteiger partial charge in [0, 0.05) is 18.3 Å². The Balaban J connectivity index is 2.29. The lowest BCUT2D eigenvalue weighted by atomic mass is 10.2. The molecule has 1 aromatic heterocycles. The largest absolute Gasteiger partial charge is 0.503 e. The highest BCUT2D eigenvalue weighted by Crippen LogP contribution is 2.17. The minimum atomic E-state index is -0.991. The standard InChI is InChI=1S/C15H22N2O4/c1-11(15(20)21)17-10-14(19)13(18)8-12(17)9-16-6-4-2-3-5-7-16/h8,10-11,19H,2-7,9H2,1H3,(H,20,21). The van der Waals surface area contributed by atoms with Crippen molar-refractivity contribution in [2.75, 3.05) is 13.1 Å². The van der Waals surface area contributed by atoms with E-state index < -0.39 is 23.2 Å². The van der Waals surface area contributed by atoms with E-state index in [0.717, 1.165) is 25.9 Å². The van der Waals surface area contributed by atoms with Crippen LogP contribution in [-0.2, 0) is 11.3 Å². The molecule has 0 aliphatic carbocycles. The second-order valence-electron chi connectivity index (χ2n) is 5.63. The quantitative estimate of drug-likeness (QED) is 0.881. The number of aromatic nitrogens is 1. The fourth-order valence-corrected chi connectivity index (χ4v) is 2.71. The molecule has 6 heteroatoms. The molecule has 1 aromatic rings. The van der Waals surface area contributed by atoms with Crippen LogP contribution >= 0.6 is 0 Å². The fourth-order valence-electron chi connectivity index (χ4n) is 2.71. The number of pyridine rings is 1. The molecule has 0 amide bonds. The summed E-state index contributed by atoms with van der Waals surface area (Å²) in [5, 5.41) is 18.7. The Morgan fingerprint density at radius 3 is 2.48 bits per heavy atom. The third-order valence-electron chi connectivity index (χ3n) is 4.00. The minimum absolute atomic E-state index is 0.414. The number of hydrogen-bond acceptors (Lipinski definition) is 4. The molecule has 0 aromatic carbocycles. The number of aromatic hydroxyl groups is 1. The highest BCUT2D eigenvalue weighted by molar-refractivity contribution is 5.71. The van der Waals surface area contributed by atoms with Crippen molar-refractivity contribution in [1.29, 1.82) is 0 Å². The average molecular weight is 294 g/mol. The van der Waals surface area contributed by atoms with Gasteiger partial charge in [-0.05, 0) is 32.9 Å². The summed E-state index contributed by atoms with van der Waals surface area (Å²) in [5.74, 6) is -1.40. The van der Waals surface area contributed by atoms with Gasteiger partial charge in [-0.15, -0.1) is 0 Å². The molecule has 1 saturated heterocycles. The predicted molar refractivity (Wildman–Crippen MR) is 78.5 cm³/mol. The van der Waals surface area contributed by atoms with E-state index in [-0.39, 0.29) is 0 Å². The third kappa shape index (κ3) is 3.85. The number of hydrogen-bond donors (Lipinski definition) is 2. The molecule has 6 nitrogen and oxygen atoms in total. The lowest BCUT2D eigenvalue weighted by Crippen LogP contribution is -2.29. The average Bonchev–Trinajstić information content (AvgIpc) is 2.70. The lowest BCUT2D eigenvalue weighted by Gasteiger charge is -2.24. The molecule has 1 aliphatic rings. The molecule has 2 rings (SSSR count). The fraction of sp³-hybridized carbons (Fsp3) is 0.600. The Labute approximate surface area is 123 Å². The molecule has 2 heterocycles. The smallest absolute Gasteiger partial charge is 0.326 e. The molecule has 116 valence electrons. The Kier molecular flexibility index (Phi) is 5.01. The van der Waals surface area contributed by atoms with E-state index >= 15 is 0 Å². The van der Waals surface area contributed by atoms with E-state index in [9.17, 15) is 19.8 Å². The summed E-state index contributed by atoms with van der Waals surface area (Å²) in [6.07, 6.45) is 5.90. The second-order valence-corrected chi connectivity index (χ2v) is 5.63. The van der Waals surface area contributed by atoms with Crippen LogP contribution in [-0.4, -0.2) is 38.7 Å². The van der Waals surface area contributed by atoms with Crippen LogP contribution in [0.2, 0.25) is 0 Å². The summed E-state index contributed by atoms with van der Waals surface area (Å²) >= 11 is 0. The zero-order chi connectivity index (χ0) is 15.4. The van der Waals surface area contributed by atoms with Crippen LogP contribution in [0.1, 0.15) is 44.3 Å². The Morgan fingerprint density at radius 2 is 1.90 bits per heavy atom. The number of carbonyl (C=O) groups is 1. The van der Waals surface area contributed by atoms with Crippen molar-refractivity contribution in [2.45, 2.75) is 45.2 Å². The van der Waals surface area contributed by atoms with Crippen LogP contribution in [0.4, 0.5) is 0 Å². The zero-order valence-electron chi connectivity index (χ0n) is 12.3. The van der Waals surface area contributed by atoms with Gasteiger partial charge in [0.25, 0.3) is 0 Å². The summed E-state index contributed by atoms with van der Waals surface area (Å²) in [4.78, 5) is 25.1. The molecule has 0 saturated carbocycles. The molecule has 0 bridgehead atoms. The van der Waals surface area contributed by atoms with E-state index in [0.29, 0.717) is 12.2 Å². The highest BCUT2D eigenvalue weighted by atomic mass is 16.4. The molecular weight excluding hydrogens is 272 g/mol. The van der Waals surface area contributed by atoms with Gasteiger partial charge in [0.15, 0.2) is 5.75 Å². The Morgan fingerprint density at radius 1 is 1.29 bits per heavy atom. The van der Waals surface area contributed by atoms with Crippen molar-refractivity contribution in [2.24, 2.45) is 0 Å². The number of rotatable bonds is 4. The predicted octanol–water partition coefficient (Wildman–Crippen LogP) is 1.58. The Hall–Kier alpha value is -1.82. The molecule has 1 unspecified atom stereocenters. The van der Waals surface area contributed by atoms with Crippen molar-refractivity contribution in [3.05, 3.63) is 28.2 Å². The molecule has 1 fully saturated rings. The van der Waals surface area contributed by atoms with E-state index in [2.05, 4.69) is 4.90 Å². The molecule has 1 aliphatic heterocycles. The molecule has 0 radical (unpaired) electrons. The summed E-state index contributed by atoms with van der Waals surface area (Å²) in [7, 11) is 0. The van der Waals surface area contributed by atoms with Crippen molar-refractivity contribution in [3.63, 3.8) is 0 Å². The van der Waals surface area contributed by atoms with Gasteiger partial charge in [0.2, 0.25) is 5.43 Å². The summed E-state index contributed by atoms with van der Waals surface area (Å²) in [6, 6.07) is 0.526. The van der Waals surface area contributed by atoms with Crippen LogP contribution in [0.25, 0.3) is 0 Å². The van der Waals surface area contributed by atoms with Crippen molar-refractivity contribution < 1.29 is 15.0 Å². The number of aliphatic carboxylic acids is 1. The van der Waals surface area contributed by atoms with Gasteiger partial charge in [-0.25, -0.2) is 4.79 Å². The van der Waals surface area contributed by atoms with Crippen LogP contribution < -0.4 is 5.43 Å².